The number of amides is 2. The fourth-order valence-corrected chi connectivity index (χ4v) is 6.26. The zero-order chi connectivity index (χ0) is 24.7. The quantitative estimate of drug-likeness (QED) is 0.458. The molecule has 0 unspecified atom stereocenters. The smallest absolute Gasteiger partial charge is 0.333 e. The van der Waals surface area contributed by atoms with Crippen LogP contribution in [0.5, 0.6) is 0 Å². The Balaban J connectivity index is 1.97. The van der Waals surface area contributed by atoms with Crippen LogP contribution in [0.2, 0.25) is 0 Å². The zero-order valence-electron chi connectivity index (χ0n) is 19.6. The highest BCUT2D eigenvalue weighted by Gasteiger charge is 2.31. The van der Waals surface area contributed by atoms with Crippen molar-refractivity contribution in [3.05, 3.63) is 39.0 Å². The standard InChI is InChI=1S/C22H31N3O6S2/c1-11(2)14-7-13-9-31-10-15(13)17(12(3)4)18(14)24-21(27)25-33(29,30)19-16(8-26)23-20(32-19)22(5,6)28/h7,11-12,26,28H,8-10H2,1-6H3,(H2,24,25,27). The van der Waals surface area contributed by atoms with E-state index in [9.17, 15) is 23.4 Å². The van der Waals surface area contributed by atoms with Crippen molar-refractivity contribution in [3.63, 3.8) is 0 Å². The highest BCUT2D eigenvalue weighted by atomic mass is 32.2. The molecule has 9 nitrogen and oxygen atoms in total. The van der Waals surface area contributed by atoms with E-state index in [0.717, 1.165) is 22.3 Å². The summed E-state index contributed by atoms with van der Waals surface area (Å²) in [6, 6.07) is 1.09. The Morgan fingerprint density at radius 1 is 1.24 bits per heavy atom. The van der Waals surface area contributed by atoms with Crippen molar-refractivity contribution in [2.24, 2.45) is 0 Å². The Morgan fingerprint density at radius 3 is 2.45 bits per heavy atom. The normalized spacial score (nSPS) is 14.1. The number of sulfonamides is 1. The van der Waals surface area contributed by atoms with Gasteiger partial charge in [-0.1, -0.05) is 33.8 Å². The number of urea groups is 1. The van der Waals surface area contributed by atoms with Crippen molar-refractivity contribution in [1.29, 1.82) is 0 Å². The maximum absolute atomic E-state index is 13.0. The molecule has 4 N–H and O–H groups in total. The molecule has 0 bridgehead atoms. The number of hydrogen-bond acceptors (Lipinski definition) is 8. The van der Waals surface area contributed by atoms with E-state index in [2.05, 4.69) is 10.3 Å². The van der Waals surface area contributed by atoms with Gasteiger partial charge in [-0.2, -0.15) is 0 Å². The zero-order valence-corrected chi connectivity index (χ0v) is 21.3. The largest absolute Gasteiger partial charge is 0.390 e. The molecule has 182 valence electrons. The maximum atomic E-state index is 13.0. The number of carbonyl (C=O) groups excluding carboxylic acids is 1. The third-order valence-corrected chi connectivity index (χ3v) is 8.64. The van der Waals surface area contributed by atoms with E-state index in [-0.39, 0.29) is 26.7 Å². The third-order valence-electron chi connectivity index (χ3n) is 5.35. The maximum Gasteiger partial charge on any atom is 0.333 e. The number of thiazole rings is 1. The summed E-state index contributed by atoms with van der Waals surface area (Å²) >= 11 is 0.711. The van der Waals surface area contributed by atoms with E-state index in [4.69, 9.17) is 4.74 Å². The van der Waals surface area contributed by atoms with E-state index >= 15 is 0 Å². The molecule has 0 aliphatic carbocycles. The average molecular weight is 498 g/mol. The van der Waals surface area contributed by atoms with E-state index < -0.39 is 28.3 Å². The van der Waals surface area contributed by atoms with Crippen molar-refractivity contribution >= 4 is 33.1 Å². The summed E-state index contributed by atoms with van der Waals surface area (Å²) in [6.07, 6.45) is 0. The van der Waals surface area contributed by atoms with Crippen molar-refractivity contribution in [1.82, 2.24) is 9.71 Å². The van der Waals surface area contributed by atoms with E-state index in [1.54, 1.807) is 0 Å². The number of anilines is 1. The number of benzene rings is 1. The molecule has 0 atom stereocenters. The van der Waals surface area contributed by atoms with Crippen LogP contribution in [0.25, 0.3) is 0 Å². The van der Waals surface area contributed by atoms with Gasteiger partial charge in [-0.25, -0.2) is 22.9 Å². The molecule has 3 rings (SSSR count). The second kappa shape index (κ2) is 9.30. The summed E-state index contributed by atoms with van der Waals surface area (Å²) in [5.41, 5.74) is 2.99. The second-order valence-corrected chi connectivity index (χ2v) is 12.1. The molecule has 0 radical (unpaired) electrons. The molecular formula is C22H31N3O6S2. The third kappa shape index (κ3) is 5.22. The molecule has 2 aromatic rings. The molecule has 1 aliphatic heterocycles. The minimum Gasteiger partial charge on any atom is -0.390 e. The van der Waals surface area contributed by atoms with Crippen LogP contribution in [0.1, 0.15) is 86.3 Å². The molecule has 1 aromatic carbocycles. The van der Waals surface area contributed by atoms with Crippen molar-refractivity contribution in [2.75, 3.05) is 5.32 Å². The van der Waals surface area contributed by atoms with Gasteiger partial charge >= 0.3 is 6.03 Å². The molecule has 2 amide bonds. The van der Waals surface area contributed by atoms with Crippen LogP contribution in [-0.2, 0) is 40.2 Å². The van der Waals surface area contributed by atoms with Crippen LogP contribution in [-0.4, -0.2) is 29.6 Å². The number of carbonyl (C=O) groups is 1. The first-order valence-electron chi connectivity index (χ1n) is 10.7. The first kappa shape index (κ1) is 25.6. The SMILES string of the molecule is CC(C)c1cc2c(c(C(C)C)c1NC(=O)NS(=O)(=O)c1sc(C(C)(C)O)nc1CO)COC2. The Labute approximate surface area is 198 Å². The van der Waals surface area contributed by atoms with Crippen LogP contribution in [0, 0.1) is 0 Å². The van der Waals surface area contributed by atoms with Gasteiger partial charge in [0.05, 0.1) is 25.5 Å². The number of rotatable bonds is 7. The van der Waals surface area contributed by atoms with E-state index in [1.165, 1.54) is 13.8 Å². The lowest BCUT2D eigenvalue weighted by Gasteiger charge is -2.23. The average Bonchev–Trinajstić information content (AvgIpc) is 3.33. The molecule has 1 aromatic heterocycles. The number of aromatic nitrogens is 1. The summed E-state index contributed by atoms with van der Waals surface area (Å²) < 4.78 is 33.3. The van der Waals surface area contributed by atoms with Crippen molar-refractivity contribution in [3.8, 4) is 0 Å². The number of nitrogens with one attached hydrogen (secondary N) is 2. The Kier molecular flexibility index (Phi) is 7.21. The van der Waals surface area contributed by atoms with Gasteiger partial charge in [-0.3, -0.25) is 0 Å². The predicted molar refractivity (Wildman–Crippen MR) is 126 cm³/mol. The van der Waals surface area contributed by atoms with Crippen molar-refractivity contribution < 1.29 is 28.2 Å². The first-order valence-corrected chi connectivity index (χ1v) is 13.0. The van der Waals surface area contributed by atoms with Crippen LogP contribution >= 0.6 is 11.3 Å². The van der Waals surface area contributed by atoms with Crippen LogP contribution in [0.4, 0.5) is 10.5 Å². The minimum atomic E-state index is -4.34. The first-order chi connectivity index (χ1) is 15.3. The molecular weight excluding hydrogens is 466 g/mol. The van der Waals surface area contributed by atoms with Gasteiger partial charge in [0.25, 0.3) is 10.0 Å². The summed E-state index contributed by atoms with van der Waals surface area (Å²) in [4.78, 5) is 16.9. The number of hydrogen-bond donors (Lipinski definition) is 4. The Morgan fingerprint density at radius 2 is 1.91 bits per heavy atom. The Hall–Kier alpha value is -2.05. The summed E-state index contributed by atoms with van der Waals surface area (Å²) in [5.74, 6) is 0.153. The molecule has 2 heterocycles. The lowest BCUT2D eigenvalue weighted by molar-refractivity contribution is 0.0779. The number of nitrogens with zero attached hydrogens (tertiary/aromatic N) is 1. The predicted octanol–water partition coefficient (Wildman–Crippen LogP) is 3.65. The van der Waals surface area contributed by atoms with E-state index in [1.807, 2.05) is 38.5 Å². The molecule has 0 spiro atoms. The topological polar surface area (TPSA) is 138 Å². The summed E-state index contributed by atoms with van der Waals surface area (Å²) in [5, 5.41) is 22.6. The van der Waals surface area contributed by atoms with Gasteiger partial charge in [-0.15, -0.1) is 11.3 Å². The van der Waals surface area contributed by atoms with Gasteiger partial charge in [-0.05, 0) is 47.9 Å². The number of aliphatic hydroxyl groups excluding tert-OH is 1. The van der Waals surface area contributed by atoms with Gasteiger partial charge in [0.15, 0.2) is 4.21 Å². The molecule has 11 heteroatoms. The molecule has 0 saturated carbocycles. The van der Waals surface area contributed by atoms with Gasteiger partial charge in [0, 0.05) is 5.69 Å². The highest BCUT2D eigenvalue weighted by molar-refractivity contribution is 7.92. The lowest BCUT2D eigenvalue weighted by atomic mass is 9.86. The van der Waals surface area contributed by atoms with E-state index in [0.29, 0.717) is 30.2 Å². The summed E-state index contributed by atoms with van der Waals surface area (Å²) in [6.45, 7) is 11.3. The number of ether oxygens (including phenoxy) is 1. The minimum absolute atomic E-state index is 0.0721. The fourth-order valence-electron chi connectivity index (χ4n) is 3.84. The van der Waals surface area contributed by atoms with Gasteiger partial charge in [0.2, 0.25) is 0 Å². The number of aliphatic hydroxyl groups is 2. The monoisotopic (exact) mass is 497 g/mol. The Bertz CT molecular complexity index is 1160. The molecule has 33 heavy (non-hydrogen) atoms. The van der Waals surface area contributed by atoms with Gasteiger partial charge in [0.1, 0.15) is 10.6 Å². The van der Waals surface area contributed by atoms with Crippen LogP contribution in [0.3, 0.4) is 0 Å². The van der Waals surface area contributed by atoms with Crippen LogP contribution < -0.4 is 10.0 Å². The van der Waals surface area contributed by atoms with Crippen molar-refractivity contribution in [2.45, 2.75) is 83.0 Å². The van der Waals surface area contributed by atoms with Crippen LogP contribution in [0.15, 0.2) is 10.3 Å². The van der Waals surface area contributed by atoms with Gasteiger partial charge < -0.3 is 20.3 Å². The lowest BCUT2D eigenvalue weighted by Crippen LogP contribution is -2.35. The number of fused-ring (bicyclic) bond motifs is 1. The highest BCUT2D eigenvalue weighted by Crippen LogP contribution is 2.40. The molecule has 1 aliphatic rings. The summed E-state index contributed by atoms with van der Waals surface area (Å²) in [7, 11) is -4.34. The molecule has 0 fully saturated rings. The molecule has 0 saturated heterocycles. The fraction of sp³-hybridized carbons (Fsp3) is 0.545. The second-order valence-electron chi connectivity index (χ2n) is 9.22.